The van der Waals surface area contributed by atoms with Crippen molar-refractivity contribution in [2.45, 2.75) is 31.8 Å². The molecule has 1 unspecified atom stereocenters. The normalized spacial score (nSPS) is 24.3. The van der Waals surface area contributed by atoms with E-state index in [1.165, 1.54) is 32.0 Å². The highest BCUT2D eigenvalue weighted by atomic mass is 19.1. The summed E-state index contributed by atoms with van der Waals surface area (Å²) in [4.78, 5) is 4.74. The molecule has 4 heteroatoms. The van der Waals surface area contributed by atoms with E-state index in [1.807, 2.05) is 6.07 Å². The fraction of sp³-hybridized carbons (Fsp3) is 0.600. The van der Waals surface area contributed by atoms with Gasteiger partial charge >= 0.3 is 0 Å². The van der Waals surface area contributed by atoms with Crippen LogP contribution in [0.2, 0.25) is 0 Å². The Morgan fingerprint density at radius 2 is 2.00 bits per heavy atom. The van der Waals surface area contributed by atoms with Gasteiger partial charge in [-0.15, -0.1) is 0 Å². The molecule has 0 radical (unpaired) electrons. The van der Waals surface area contributed by atoms with Crippen LogP contribution < -0.4 is 10.6 Å². The number of likely N-dealkylation sites (tertiary alicyclic amines) is 1. The van der Waals surface area contributed by atoms with Gasteiger partial charge in [-0.2, -0.15) is 0 Å². The molecule has 1 aromatic carbocycles. The highest BCUT2D eigenvalue weighted by molar-refractivity contribution is 5.55. The van der Waals surface area contributed by atoms with E-state index in [2.05, 4.69) is 9.80 Å². The third-order valence-corrected chi connectivity index (χ3v) is 4.43. The average molecular weight is 263 g/mol. The lowest BCUT2D eigenvalue weighted by molar-refractivity contribution is 0.260. The van der Waals surface area contributed by atoms with Gasteiger partial charge < -0.3 is 10.6 Å². The molecule has 0 saturated carbocycles. The first-order chi connectivity index (χ1) is 9.29. The summed E-state index contributed by atoms with van der Waals surface area (Å²) < 4.78 is 14.1. The summed E-state index contributed by atoms with van der Waals surface area (Å²) in [6.45, 7) is 4.69. The van der Waals surface area contributed by atoms with Crippen molar-refractivity contribution in [3.05, 3.63) is 29.6 Å². The third kappa shape index (κ3) is 2.47. The van der Waals surface area contributed by atoms with Gasteiger partial charge in [-0.25, -0.2) is 4.39 Å². The van der Waals surface area contributed by atoms with Crippen molar-refractivity contribution in [3.8, 4) is 0 Å². The maximum absolute atomic E-state index is 14.1. The Morgan fingerprint density at radius 3 is 2.74 bits per heavy atom. The molecule has 1 aromatic rings. The third-order valence-electron chi connectivity index (χ3n) is 4.43. The number of para-hydroxylation sites is 1. The Balaban J connectivity index is 1.77. The maximum Gasteiger partial charge on any atom is 0.146 e. The molecule has 3 nitrogen and oxygen atoms in total. The largest absolute Gasteiger partial charge is 0.367 e. The number of hydrogen-bond donors (Lipinski definition) is 1. The van der Waals surface area contributed by atoms with E-state index in [0.29, 0.717) is 12.6 Å². The van der Waals surface area contributed by atoms with Crippen LogP contribution >= 0.6 is 0 Å². The van der Waals surface area contributed by atoms with Gasteiger partial charge in [0.05, 0.1) is 5.69 Å². The van der Waals surface area contributed by atoms with Crippen LogP contribution in [0.4, 0.5) is 10.1 Å². The maximum atomic E-state index is 14.1. The molecule has 0 aliphatic carbocycles. The zero-order valence-corrected chi connectivity index (χ0v) is 11.3. The molecule has 2 N–H and O–H groups in total. The van der Waals surface area contributed by atoms with Crippen molar-refractivity contribution in [2.24, 2.45) is 5.73 Å². The number of rotatable bonds is 3. The van der Waals surface area contributed by atoms with Gasteiger partial charge in [0.25, 0.3) is 0 Å². The molecule has 0 bridgehead atoms. The Bertz CT molecular complexity index is 443. The summed E-state index contributed by atoms with van der Waals surface area (Å²) in [5, 5.41) is 0. The van der Waals surface area contributed by atoms with Gasteiger partial charge in [-0.05, 0) is 44.0 Å². The molecule has 19 heavy (non-hydrogen) atoms. The van der Waals surface area contributed by atoms with Crippen LogP contribution in [0.25, 0.3) is 0 Å². The number of anilines is 1. The second-order valence-electron chi connectivity index (χ2n) is 5.58. The van der Waals surface area contributed by atoms with Crippen LogP contribution in [0, 0.1) is 5.82 Å². The van der Waals surface area contributed by atoms with E-state index in [4.69, 9.17) is 5.73 Å². The van der Waals surface area contributed by atoms with Crippen LogP contribution in [0.15, 0.2) is 18.2 Å². The Labute approximate surface area is 114 Å². The van der Waals surface area contributed by atoms with Gasteiger partial charge in [0, 0.05) is 25.7 Å². The van der Waals surface area contributed by atoms with Crippen molar-refractivity contribution in [1.82, 2.24) is 4.90 Å². The van der Waals surface area contributed by atoms with E-state index in [0.717, 1.165) is 30.8 Å². The quantitative estimate of drug-likeness (QED) is 0.905. The topological polar surface area (TPSA) is 32.5 Å². The van der Waals surface area contributed by atoms with Crippen LogP contribution in [0.1, 0.15) is 24.8 Å². The standard InChI is InChI=1S/C15H22FN3/c16-14-5-3-4-12(10-17)15(14)19-9-6-13(11-19)18-7-1-2-8-18/h3-5,13H,1-2,6-11,17H2. The van der Waals surface area contributed by atoms with E-state index < -0.39 is 0 Å². The fourth-order valence-corrected chi connectivity index (χ4v) is 3.43. The first-order valence-electron chi connectivity index (χ1n) is 7.26. The van der Waals surface area contributed by atoms with E-state index in [9.17, 15) is 4.39 Å². The molecule has 3 rings (SSSR count). The predicted octanol–water partition coefficient (Wildman–Crippen LogP) is 1.96. The van der Waals surface area contributed by atoms with Crippen molar-refractivity contribution < 1.29 is 4.39 Å². The Kier molecular flexibility index (Phi) is 3.71. The van der Waals surface area contributed by atoms with E-state index >= 15 is 0 Å². The van der Waals surface area contributed by atoms with Crippen molar-refractivity contribution >= 4 is 5.69 Å². The summed E-state index contributed by atoms with van der Waals surface area (Å²) in [5.41, 5.74) is 7.39. The predicted molar refractivity (Wildman–Crippen MR) is 75.7 cm³/mol. The molecular weight excluding hydrogens is 241 g/mol. The summed E-state index contributed by atoms with van der Waals surface area (Å²) in [7, 11) is 0. The van der Waals surface area contributed by atoms with Crippen molar-refractivity contribution in [1.29, 1.82) is 0 Å². The monoisotopic (exact) mass is 263 g/mol. The van der Waals surface area contributed by atoms with Gasteiger partial charge in [-0.3, -0.25) is 4.90 Å². The summed E-state index contributed by atoms with van der Waals surface area (Å²) in [6.07, 6.45) is 3.76. The number of halogens is 1. The highest BCUT2D eigenvalue weighted by Crippen LogP contribution is 2.30. The number of nitrogens with two attached hydrogens (primary N) is 1. The number of benzene rings is 1. The molecule has 2 fully saturated rings. The zero-order chi connectivity index (χ0) is 13.2. The van der Waals surface area contributed by atoms with Crippen LogP contribution in [0.3, 0.4) is 0 Å². The number of hydrogen-bond acceptors (Lipinski definition) is 3. The molecule has 2 saturated heterocycles. The molecule has 1 atom stereocenters. The Hall–Kier alpha value is -1.13. The van der Waals surface area contributed by atoms with Gasteiger partial charge in [0.2, 0.25) is 0 Å². The molecule has 0 aromatic heterocycles. The van der Waals surface area contributed by atoms with E-state index in [1.54, 1.807) is 6.07 Å². The average Bonchev–Trinajstić information content (AvgIpc) is 3.08. The smallest absolute Gasteiger partial charge is 0.146 e. The number of nitrogens with zero attached hydrogens (tertiary/aromatic N) is 2. The first kappa shape index (κ1) is 12.9. The molecule has 104 valence electrons. The van der Waals surface area contributed by atoms with Gasteiger partial charge in [0.15, 0.2) is 0 Å². The summed E-state index contributed by atoms with van der Waals surface area (Å²) in [6, 6.07) is 5.81. The van der Waals surface area contributed by atoms with Crippen LogP contribution in [0.5, 0.6) is 0 Å². The second-order valence-corrected chi connectivity index (χ2v) is 5.58. The minimum Gasteiger partial charge on any atom is -0.367 e. The zero-order valence-electron chi connectivity index (χ0n) is 11.3. The minimum atomic E-state index is -0.134. The van der Waals surface area contributed by atoms with Gasteiger partial charge in [0.1, 0.15) is 5.82 Å². The van der Waals surface area contributed by atoms with Crippen LogP contribution in [-0.4, -0.2) is 37.1 Å². The lowest BCUT2D eigenvalue weighted by atomic mass is 10.1. The molecule has 0 spiro atoms. The Morgan fingerprint density at radius 1 is 1.21 bits per heavy atom. The molecule has 2 aliphatic rings. The van der Waals surface area contributed by atoms with Crippen molar-refractivity contribution in [3.63, 3.8) is 0 Å². The minimum absolute atomic E-state index is 0.134. The fourth-order valence-electron chi connectivity index (χ4n) is 3.43. The lowest BCUT2D eigenvalue weighted by Crippen LogP contribution is -2.35. The lowest BCUT2D eigenvalue weighted by Gasteiger charge is -2.25. The SMILES string of the molecule is NCc1cccc(F)c1N1CCC(N2CCCC2)C1. The molecule has 2 heterocycles. The first-order valence-corrected chi connectivity index (χ1v) is 7.26. The highest BCUT2D eigenvalue weighted by Gasteiger charge is 2.31. The summed E-state index contributed by atoms with van der Waals surface area (Å²) in [5.74, 6) is -0.134. The van der Waals surface area contributed by atoms with Gasteiger partial charge in [-0.1, -0.05) is 12.1 Å². The second kappa shape index (κ2) is 5.47. The molecular formula is C15H22FN3. The van der Waals surface area contributed by atoms with Crippen LogP contribution in [-0.2, 0) is 6.54 Å². The molecule has 0 amide bonds. The van der Waals surface area contributed by atoms with Crippen molar-refractivity contribution in [2.75, 3.05) is 31.1 Å². The summed E-state index contributed by atoms with van der Waals surface area (Å²) >= 11 is 0. The molecule has 2 aliphatic heterocycles. The van der Waals surface area contributed by atoms with E-state index in [-0.39, 0.29) is 5.82 Å².